The fourth-order valence-corrected chi connectivity index (χ4v) is 4.01. The minimum Gasteiger partial charge on any atom is -0.326 e. The Morgan fingerprint density at radius 2 is 1.73 bits per heavy atom. The largest absolute Gasteiger partial charge is 0.326 e. The second-order valence-electron chi connectivity index (χ2n) is 7.89. The first-order chi connectivity index (χ1) is 12.3. The molecule has 1 N–H and O–H groups in total. The Bertz CT molecular complexity index is 527. The average Bonchev–Trinajstić information content (AvgIpc) is 3.08. The van der Waals surface area contributed by atoms with Crippen molar-refractivity contribution >= 4 is 11.9 Å². The highest BCUT2D eigenvalue weighted by atomic mass is 16.2. The number of hydrogen-bond donors (Lipinski definition) is 1. The van der Waals surface area contributed by atoms with Gasteiger partial charge in [0.1, 0.15) is 6.04 Å². The molecule has 0 spiro atoms. The predicted molar refractivity (Wildman–Crippen MR) is 100 cm³/mol. The van der Waals surface area contributed by atoms with Gasteiger partial charge in [0.25, 0.3) is 0 Å². The van der Waals surface area contributed by atoms with Gasteiger partial charge in [0.2, 0.25) is 5.91 Å². The first-order valence-corrected chi connectivity index (χ1v) is 9.84. The van der Waals surface area contributed by atoms with Crippen LogP contribution in [0.5, 0.6) is 0 Å². The molecule has 0 aromatic rings. The van der Waals surface area contributed by atoms with E-state index in [-0.39, 0.29) is 42.7 Å². The summed E-state index contributed by atoms with van der Waals surface area (Å²) in [6.45, 7) is 10.6. The highest BCUT2D eigenvalue weighted by Crippen LogP contribution is 2.18. The molecule has 146 valence electrons. The molecular formula is C19H33N5O2. The van der Waals surface area contributed by atoms with Crippen molar-refractivity contribution in [3.05, 3.63) is 0 Å². The van der Waals surface area contributed by atoms with Crippen molar-refractivity contribution in [2.45, 2.75) is 77.5 Å². The van der Waals surface area contributed by atoms with E-state index in [1.807, 2.05) is 37.5 Å². The van der Waals surface area contributed by atoms with E-state index in [1.165, 1.54) is 0 Å². The van der Waals surface area contributed by atoms with Crippen LogP contribution < -0.4 is 5.32 Å². The molecule has 1 atom stereocenters. The van der Waals surface area contributed by atoms with E-state index < -0.39 is 0 Å². The summed E-state index contributed by atoms with van der Waals surface area (Å²) < 4.78 is 0. The van der Waals surface area contributed by atoms with Crippen LogP contribution in [0.4, 0.5) is 4.79 Å². The molecule has 2 fully saturated rings. The number of rotatable bonds is 5. The van der Waals surface area contributed by atoms with Crippen molar-refractivity contribution in [2.75, 3.05) is 26.2 Å². The number of piperidine rings is 1. The Balaban J connectivity index is 1.77. The van der Waals surface area contributed by atoms with Gasteiger partial charge in [0, 0.05) is 37.8 Å². The smallest absolute Gasteiger partial charge is 0.320 e. The number of urea groups is 1. The molecule has 0 radical (unpaired) electrons. The summed E-state index contributed by atoms with van der Waals surface area (Å²) in [6.07, 6.45) is 3.40. The van der Waals surface area contributed by atoms with E-state index in [0.29, 0.717) is 19.6 Å². The summed E-state index contributed by atoms with van der Waals surface area (Å²) in [5, 5.41) is 12.4. The molecule has 7 nitrogen and oxygen atoms in total. The first kappa shape index (κ1) is 20.5. The molecule has 0 aromatic heterocycles. The number of amides is 3. The molecule has 0 aromatic carbocycles. The van der Waals surface area contributed by atoms with E-state index in [4.69, 9.17) is 5.26 Å². The molecular weight excluding hydrogens is 330 g/mol. The fraction of sp³-hybridized carbons (Fsp3) is 0.842. The number of nitrogens with one attached hydrogen (secondary N) is 1. The van der Waals surface area contributed by atoms with Gasteiger partial charge in [-0.2, -0.15) is 5.26 Å². The Kier molecular flexibility index (Phi) is 7.27. The standard InChI is InChI=1S/C19H33N5O2/c1-14(2)24(15(3)4)19(26)22-10-7-16(8-11-22)21-13-18(25)23-9-5-6-17(23)12-20/h14-17,21H,5-11,13H2,1-4H3/t17-/m0/s1. The predicted octanol–water partition coefficient (Wildman–Crippen LogP) is 1.79. The van der Waals surface area contributed by atoms with E-state index in [2.05, 4.69) is 11.4 Å². The Labute approximate surface area is 157 Å². The third kappa shape index (κ3) is 4.88. The van der Waals surface area contributed by atoms with E-state index in [9.17, 15) is 9.59 Å². The van der Waals surface area contributed by atoms with Crippen molar-refractivity contribution in [1.82, 2.24) is 20.0 Å². The maximum absolute atomic E-state index is 12.7. The topological polar surface area (TPSA) is 79.7 Å². The Morgan fingerprint density at radius 3 is 2.27 bits per heavy atom. The zero-order chi connectivity index (χ0) is 19.3. The molecule has 0 saturated carbocycles. The molecule has 3 amide bonds. The molecule has 2 rings (SSSR count). The van der Waals surface area contributed by atoms with Gasteiger partial charge in [-0.05, 0) is 53.4 Å². The van der Waals surface area contributed by atoms with Gasteiger partial charge in [-0.3, -0.25) is 4.79 Å². The molecule has 2 saturated heterocycles. The highest BCUT2D eigenvalue weighted by Gasteiger charge is 2.31. The summed E-state index contributed by atoms with van der Waals surface area (Å²) in [4.78, 5) is 30.6. The van der Waals surface area contributed by atoms with Crippen molar-refractivity contribution in [2.24, 2.45) is 0 Å². The monoisotopic (exact) mass is 363 g/mol. The summed E-state index contributed by atoms with van der Waals surface area (Å²) in [5.41, 5.74) is 0. The van der Waals surface area contributed by atoms with Crippen LogP contribution >= 0.6 is 0 Å². The molecule has 26 heavy (non-hydrogen) atoms. The lowest BCUT2D eigenvalue weighted by Gasteiger charge is -2.39. The summed E-state index contributed by atoms with van der Waals surface area (Å²) >= 11 is 0. The van der Waals surface area contributed by atoms with Crippen LogP contribution in [-0.4, -0.2) is 77.0 Å². The number of nitrogens with zero attached hydrogens (tertiary/aromatic N) is 4. The van der Waals surface area contributed by atoms with Gasteiger partial charge in [-0.1, -0.05) is 0 Å². The quantitative estimate of drug-likeness (QED) is 0.808. The van der Waals surface area contributed by atoms with Crippen molar-refractivity contribution in [3.63, 3.8) is 0 Å². The molecule has 0 aliphatic carbocycles. The van der Waals surface area contributed by atoms with Crippen LogP contribution in [0.1, 0.15) is 53.4 Å². The van der Waals surface area contributed by atoms with E-state index >= 15 is 0 Å². The van der Waals surface area contributed by atoms with Crippen LogP contribution in [0, 0.1) is 11.3 Å². The molecule has 2 aliphatic heterocycles. The fourth-order valence-electron chi connectivity index (χ4n) is 4.01. The van der Waals surface area contributed by atoms with Crippen molar-refractivity contribution in [3.8, 4) is 6.07 Å². The Morgan fingerprint density at radius 1 is 1.12 bits per heavy atom. The van der Waals surface area contributed by atoms with Crippen molar-refractivity contribution in [1.29, 1.82) is 5.26 Å². The highest BCUT2D eigenvalue weighted by molar-refractivity contribution is 5.79. The molecule has 0 bridgehead atoms. The normalized spacial score (nSPS) is 21.3. The van der Waals surface area contributed by atoms with Crippen LogP contribution in [0.3, 0.4) is 0 Å². The van der Waals surface area contributed by atoms with Gasteiger partial charge < -0.3 is 20.0 Å². The summed E-state index contributed by atoms with van der Waals surface area (Å²) in [7, 11) is 0. The van der Waals surface area contributed by atoms with Crippen LogP contribution in [0.15, 0.2) is 0 Å². The van der Waals surface area contributed by atoms with Crippen LogP contribution in [0.2, 0.25) is 0 Å². The molecule has 2 heterocycles. The number of carbonyl (C=O) groups excluding carboxylic acids is 2. The average molecular weight is 364 g/mol. The minimum absolute atomic E-state index is 0.0124. The third-order valence-electron chi connectivity index (χ3n) is 5.36. The zero-order valence-electron chi connectivity index (χ0n) is 16.6. The van der Waals surface area contributed by atoms with Crippen molar-refractivity contribution < 1.29 is 9.59 Å². The lowest BCUT2D eigenvalue weighted by atomic mass is 10.1. The lowest BCUT2D eigenvalue weighted by molar-refractivity contribution is -0.130. The lowest BCUT2D eigenvalue weighted by Crippen LogP contribution is -2.54. The minimum atomic E-state index is -0.262. The maximum atomic E-state index is 12.7. The van der Waals surface area contributed by atoms with Gasteiger partial charge in [-0.15, -0.1) is 0 Å². The van der Waals surface area contributed by atoms with Gasteiger partial charge >= 0.3 is 6.03 Å². The Hall–Kier alpha value is -1.81. The molecule has 0 unspecified atom stereocenters. The third-order valence-corrected chi connectivity index (χ3v) is 5.36. The number of likely N-dealkylation sites (tertiary alicyclic amines) is 2. The SMILES string of the molecule is CC(C)N(C(=O)N1CCC(NCC(=O)N2CCC[C@H]2C#N)CC1)C(C)C. The van der Waals surface area contributed by atoms with Gasteiger partial charge in [0.05, 0.1) is 12.6 Å². The van der Waals surface area contributed by atoms with Gasteiger partial charge in [0.15, 0.2) is 0 Å². The maximum Gasteiger partial charge on any atom is 0.320 e. The van der Waals surface area contributed by atoms with E-state index in [1.54, 1.807) is 4.90 Å². The number of carbonyl (C=O) groups is 2. The summed E-state index contributed by atoms with van der Waals surface area (Å²) in [6, 6.07) is 2.67. The van der Waals surface area contributed by atoms with Crippen LogP contribution in [-0.2, 0) is 4.79 Å². The number of nitriles is 1. The second-order valence-corrected chi connectivity index (χ2v) is 7.89. The number of hydrogen-bond acceptors (Lipinski definition) is 4. The zero-order valence-corrected chi connectivity index (χ0v) is 16.6. The van der Waals surface area contributed by atoms with Gasteiger partial charge in [-0.25, -0.2) is 4.79 Å². The summed E-state index contributed by atoms with van der Waals surface area (Å²) in [5.74, 6) is 0.0124. The van der Waals surface area contributed by atoms with E-state index in [0.717, 1.165) is 25.7 Å². The first-order valence-electron chi connectivity index (χ1n) is 9.84. The molecule has 2 aliphatic rings. The van der Waals surface area contributed by atoms with Crippen LogP contribution in [0.25, 0.3) is 0 Å². The second kappa shape index (κ2) is 9.22. The molecule has 7 heteroatoms.